The van der Waals surface area contributed by atoms with Gasteiger partial charge in [-0.2, -0.15) is 0 Å². The molecule has 1 aromatic heterocycles. The van der Waals surface area contributed by atoms with Crippen LogP contribution >= 0.6 is 0 Å². The fourth-order valence-corrected chi connectivity index (χ4v) is 2.19. The van der Waals surface area contributed by atoms with Crippen molar-refractivity contribution in [1.82, 2.24) is 15.6 Å². The number of carbonyl (C=O) groups excluding carboxylic acids is 2. The Balaban J connectivity index is 2.66. The molecular weight excluding hydrogens is 292 g/mol. The summed E-state index contributed by atoms with van der Waals surface area (Å²) >= 11 is 0. The normalized spacial score (nSPS) is 13.7. The molecule has 1 heterocycles. The molecule has 23 heavy (non-hydrogen) atoms. The van der Waals surface area contributed by atoms with Crippen molar-refractivity contribution in [3.63, 3.8) is 0 Å². The first-order valence-electron chi connectivity index (χ1n) is 7.98. The van der Waals surface area contributed by atoms with Gasteiger partial charge in [0, 0.05) is 6.20 Å². The molecule has 1 aromatic rings. The lowest BCUT2D eigenvalue weighted by molar-refractivity contribution is -0.127. The van der Waals surface area contributed by atoms with Crippen LogP contribution in [-0.4, -0.2) is 29.4 Å². The highest BCUT2D eigenvalue weighted by atomic mass is 16.2. The van der Waals surface area contributed by atoms with Gasteiger partial charge < -0.3 is 16.4 Å². The maximum absolute atomic E-state index is 12.1. The SMILES string of the molecule is Cc1cccnc1C(NC(=O)CNC(=O)[C@@H](N)C(C)C)C(C)C. The van der Waals surface area contributed by atoms with Crippen LogP contribution in [0, 0.1) is 18.8 Å². The molecule has 0 bridgehead atoms. The molecule has 2 atom stereocenters. The van der Waals surface area contributed by atoms with Crippen LogP contribution in [0.15, 0.2) is 18.3 Å². The first-order valence-corrected chi connectivity index (χ1v) is 7.98. The fourth-order valence-electron chi connectivity index (χ4n) is 2.19. The van der Waals surface area contributed by atoms with Gasteiger partial charge in [-0.25, -0.2) is 0 Å². The Bertz CT molecular complexity index is 543. The third kappa shape index (κ3) is 5.63. The van der Waals surface area contributed by atoms with Crippen molar-refractivity contribution in [2.75, 3.05) is 6.54 Å². The highest BCUT2D eigenvalue weighted by Gasteiger charge is 2.22. The van der Waals surface area contributed by atoms with Crippen molar-refractivity contribution in [1.29, 1.82) is 0 Å². The maximum Gasteiger partial charge on any atom is 0.239 e. The molecular formula is C17H28N4O2. The molecule has 2 amide bonds. The molecule has 0 saturated carbocycles. The molecule has 0 aliphatic carbocycles. The van der Waals surface area contributed by atoms with Crippen molar-refractivity contribution < 1.29 is 9.59 Å². The van der Waals surface area contributed by atoms with E-state index in [0.29, 0.717) is 0 Å². The Kier molecular flexibility index (Phi) is 7.16. The first kappa shape index (κ1) is 19.1. The Labute approximate surface area is 138 Å². The van der Waals surface area contributed by atoms with Gasteiger partial charge in [-0.15, -0.1) is 0 Å². The summed E-state index contributed by atoms with van der Waals surface area (Å²) in [5.74, 6) is -0.359. The lowest BCUT2D eigenvalue weighted by atomic mass is 9.97. The summed E-state index contributed by atoms with van der Waals surface area (Å²) in [5, 5.41) is 5.52. The smallest absolute Gasteiger partial charge is 0.239 e. The summed E-state index contributed by atoms with van der Waals surface area (Å²) in [4.78, 5) is 28.3. The van der Waals surface area contributed by atoms with Gasteiger partial charge in [-0.05, 0) is 30.4 Å². The number of rotatable bonds is 7. The van der Waals surface area contributed by atoms with Crippen molar-refractivity contribution in [3.8, 4) is 0 Å². The van der Waals surface area contributed by atoms with E-state index in [9.17, 15) is 9.59 Å². The number of nitrogens with one attached hydrogen (secondary N) is 2. The number of aryl methyl sites for hydroxylation is 1. The number of hydrogen-bond donors (Lipinski definition) is 3. The molecule has 128 valence electrons. The number of hydrogen-bond acceptors (Lipinski definition) is 4. The summed E-state index contributed by atoms with van der Waals surface area (Å²) in [7, 11) is 0. The first-order chi connectivity index (χ1) is 10.7. The molecule has 0 saturated heterocycles. The lowest BCUT2D eigenvalue weighted by Gasteiger charge is -2.24. The quantitative estimate of drug-likeness (QED) is 0.705. The highest BCUT2D eigenvalue weighted by molar-refractivity contribution is 5.87. The molecule has 0 fully saturated rings. The van der Waals surface area contributed by atoms with Gasteiger partial charge in [0.15, 0.2) is 0 Å². The third-order valence-electron chi connectivity index (χ3n) is 3.77. The number of nitrogens with zero attached hydrogens (tertiary/aromatic N) is 1. The van der Waals surface area contributed by atoms with E-state index in [1.54, 1.807) is 6.20 Å². The summed E-state index contributed by atoms with van der Waals surface area (Å²) in [6.45, 7) is 9.65. The average Bonchev–Trinajstić information content (AvgIpc) is 2.50. The van der Waals surface area contributed by atoms with Gasteiger partial charge >= 0.3 is 0 Å². The molecule has 6 heteroatoms. The van der Waals surface area contributed by atoms with Crippen molar-refractivity contribution in [2.24, 2.45) is 17.6 Å². The summed E-state index contributed by atoms with van der Waals surface area (Å²) in [6.07, 6.45) is 1.72. The van der Waals surface area contributed by atoms with Crippen LogP contribution in [0.25, 0.3) is 0 Å². The van der Waals surface area contributed by atoms with E-state index in [1.165, 1.54) is 0 Å². The lowest BCUT2D eigenvalue weighted by Crippen LogP contribution is -2.47. The minimum Gasteiger partial charge on any atom is -0.346 e. The van der Waals surface area contributed by atoms with E-state index in [1.807, 2.05) is 46.8 Å². The van der Waals surface area contributed by atoms with E-state index >= 15 is 0 Å². The highest BCUT2D eigenvalue weighted by Crippen LogP contribution is 2.22. The van der Waals surface area contributed by atoms with Crippen LogP contribution in [0.4, 0.5) is 0 Å². The number of carbonyl (C=O) groups is 2. The Morgan fingerprint density at radius 2 is 1.87 bits per heavy atom. The van der Waals surface area contributed by atoms with Gasteiger partial charge in [0.1, 0.15) is 0 Å². The molecule has 0 aliphatic rings. The zero-order valence-electron chi connectivity index (χ0n) is 14.6. The molecule has 0 aromatic carbocycles. The van der Waals surface area contributed by atoms with Crippen LogP contribution in [-0.2, 0) is 9.59 Å². The Morgan fingerprint density at radius 1 is 1.22 bits per heavy atom. The minimum absolute atomic E-state index is 0.0256. The zero-order valence-corrected chi connectivity index (χ0v) is 14.6. The summed E-state index contributed by atoms with van der Waals surface area (Å²) in [5.41, 5.74) is 7.63. The zero-order chi connectivity index (χ0) is 17.6. The van der Waals surface area contributed by atoms with E-state index in [0.717, 1.165) is 11.3 Å². The van der Waals surface area contributed by atoms with Gasteiger partial charge in [0.05, 0.1) is 24.3 Å². The van der Waals surface area contributed by atoms with E-state index in [2.05, 4.69) is 15.6 Å². The third-order valence-corrected chi connectivity index (χ3v) is 3.77. The summed E-state index contributed by atoms with van der Waals surface area (Å²) in [6, 6.07) is 3.03. The van der Waals surface area contributed by atoms with E-state index < -0.39 is 6.04 Å². The molecule has 0 radical (unpaired) electrons. The fraction of sp³-hybridized carbons (Fsp3) is 0.588. The topological polar surface area (TPSA) is 97.1 Å². The predicted molar refractivity (Wildman–Crippen MR) is 90.5 cm³/mol. The van der Waals surface area contributed by atoms with Gasteiger partial charge in [-0.1, -0.05) is 33.8 Å². The second kappa shape index (κ2) is 8.62. The maximum atomic E-state index is 12.1. The van der Waals surface area contributed by atoms with Gasteiger partial charge in [0.2, 0.25) is 11.8 Å². The van der Waals surface area contributed by atoms with Crippen LogP contribution in [0.1, 0.15) is 45.0 Å². The molecule has 0 aliphatic heterocycles. The largest absolute Gasteiger partial charge is 0.346 e. The molecule has 6 nitrogen and oxygen atoms in total. The van der Waals surface area contributed by atoms with Crippen LogP contribution < -0.4 is 16.4 Å². The van der Waals surface area contributed by atoms with Gasteiger partial charge in [0.25, 0.3) is 0 Å². The standard InChI is InChI=1S/C17H28N4O2/c1-10(2)14(18)17(23)20-9-13(22)21-15(11(3)4)16-12(5)7-6-8-19-16/h6-8,10-11,14-15H,9,18H2,1-5H3,(H,20,23)(H,21,22)/t14-,15?/m0/s1. The second-order valence-corrected chi connectivity index (χ2v) is 6.48. The van der Waals surface area contributed by atoms with Crippen LogP contribution in [0.3, 0.4) is 0 Å². The van der Waals surface area contributed by atoms with Crippen LogP contribution in [0.2, 0.25) is 0 Å². The second-order valence-electron chi connectivity index (χ2n) is 6.48. The molecule has 1 rings (SSSR count). The molecule has 4 N–H and O–H groups in total. The number of amides is 2. The number of pyridine rings is 1. The van der Waals surface area contributed by atoms with Crippen LogP contribution in [0.5, 0.6) is 0 Å². The summed E-state index contributed by atoms with van der Waals surface area (Å²) < 4.78 is 0. The van der Waals surface area contributed by atoms with Crippen molar-refractivity contribution in [2.45, 2.75) is 46.7 Å². The molecule has 1 unspecified atom stereocenters. The van der Waals surface area contributed by atoms with Crippen molar-refractivity contribution in [3.05, 3.63) is 29.6 Å². The minimum atomic E-state index is -0.610. The van der Waals surface area contributed by atoms with E-state index in [-0.39, 0.29) is 36.2 Å². The van der Waals surface area contributed by atoms with Gasteiger partial charge in [-0.3, -0.25) is 14.6 Å². The number of aromatic nitrogens is 1. The Hall–Kier alpha value is -1.95. The average molecular weight is 320 g/mol. The Morgan fingerprint density at radius 3 is 2.39 bits per heavy atom. The number of nitrogens with two attached hydrogens (primary N) is 1. The van der Waals surface area contributed by atoms with E-state index in [4.69, 9.17) is 5.73 Å². The predicted octanol–water partition coefficient (Wildman–Crippen LogP) is 1.30. The molecule has 0 spiro atoms. The monoisotopic (exact) mass is 320 g/mol. The van der Waals surface area contributed by atoms with Crippen molar-refractivity contribution >= 4 is 11.8 Å².